The van der Waals surface area contributed by atoms with Crippen LogP contribution in [-0.2, 0) is 9.59 Å². The molecule has 0 aliphatic carbocycles. The van der Waals surface area contributed by atoms with Crippen LogP contribution in [0.2, 0.25) is 0 Å². The van der Waals surface area contributed by atoms with Crippen LogP contribution in [0.3, 0.4) is 0 Å². The lowest BCUT2D eigenvalue weighted by Crippen LogP contribution is -2.45. The fourth-order valence-electron chi connectivity index (χ4n) is 1.96. The molecule has 1 aliphatic heterocycles. The second-order valence-corrected chi connectivity index (χ2v) is 5.97. The molecule has 0 spiro atoms. The van der Waals surface area contributed by atoms with Crippen LogP contribution in [0.4, 0.5) is 0 Å². The molecule has 4 heteroatoms. The van der Waals surface area contributed by atoms with Gasteiger partial charge < -0.3 is 5.73 Å². The average molecular weight is 240 g/mol. The third-order valence-electron chi connectivity index (χ3n) is 4.08. The normalized spacial score (nSPS) is 27.4. The van der Waals surface area contributed by atoms with Gasteiger partial charge in [-0.25, -0.2) is 0 Å². The predicted octanol–water partition coefficient (Wildman–Crippen LogP) is 1.39. The molecule has 0 bridgehead atoms. The van der Waals surface area contributed by atoms with E-state index in [-0.39, 0.29) is 29.7 Å². The molecule has 0 saturated carbocycles. The van der Waals surface area contributed by atoms with Gasteiger partial charge in [0.25, 0.3) is 0 Å². The topological polar surface area (TPSA) is 63.4 Å². The SMILES string of the molecule is CC(C)C(N)CN1C(=O)CC(C)(C(C)C)C1=O. The fraction of sp³-hybridized carbons (Fsp3) is 0.846. The van der Waals surface area contributed by atoms with Crippen molar-refractivity contribution in [2.75, 3.05) is 6.54 Å². The highest BCUT2D eigenvalue weighted by Crippen LogP contribution is 2.39. The Balaban J connectivity index is 2.83. The molecule has 98 valence electrons. The van der Waals surface area contributed by atoms with E-state index in [1.54, 1.807) is 0 Å². The molecule has 4 nitrogen and oxygen atoms in total. The van der Waals surface area contributed by atoms with Gasteiger partial charge in [-0.15, -0.1) is 0 Å². The quantitative estimate of drug-likeness (QED) is 0.755. The maximum Gasteiger partial charge on any atom is 0.235 e. The van der Waals surface area contributed by atoms with Gasteiger partial charge >= 0.3 is 0 Å². The van der Waals surface area contributed by atoms with Crippen LogP contribution < -0.4 is 5.73 Å². The Morgan fingerprint density at radius 2 is 1.82 bits per heavy atom. The lowest BCUT2D eigenvalue weighted by atomic mass is 9.78. The molecule has 17 heavy (non-hydrogen) atoms. The van der Waals surface area contributed by atoms with Gasteiger partial charge in [-0.2, -0.15) is 0 Å². The molecule has 0 aromatic carbocycles. The number of carbonyl (C=O) groups is 2. The summed E-state index contributed by atoms with van der Waals surface area (Å²) in [6.45, 7) is 10.2. The van der Waals surface area contributed by atoms with Crippen LogP contribution in [-0.4, -0.2) is 29.3 Å². The van der Waals surface area contributed by atoms with Crippen molar-refractivity contribution < 1.29 is 9.59 Å². The number of nitrogens with two attached hydrogens (primary N) is 1. The number of rotatable bonds is 4. The predicted molar refractivity (Wildman–Crippen MR) is 67.1 cm³/mol. The summed E-state index contributed by atoms with van der Waals surface area (Å²) >= 11 is 0. The van der Waals surface area contributed by atoms with Crippen molar-refractivity contribution in [3.8, 4) is 0 Å². The Morgan fingerprint density at radius 3 is 2.18 bits per heavy atom. The van der Waals surface area contributed by atoms with E-state index in [9.17, 15) is 9.59 Å². The third-order valence-corrected chi connectivity index (χ3v) is 4.08. The van der Waals surface area contributed by atoms with Crippen molar-refractivity contribution >= 4 is 11.8 Å². The van der Waals surface area contributed by atoms with E-state index in [2.05, 4.69) is 0 Å². The van der Waals surface area contributed by atoms with Gasteiger partial charge in [0.15, 0.2) is 0 Å². The summed E-state index contributed by atoms with van der Waals surface area (Å²) in [7, 11) is 0. The average Bonchev–Trinajstić information content (AvgIpc) is 2.43. The first-order valence-electron chi connectivity index (χ1n) is 6.30. The zero-order valence-corrected chi connectivity index (χ0v) is 11.5. The Morgan fingerprint density at radius 1 is 1.29 bits per heavy atom. The molecule has 0 radical (unpaired) electrons. The van der Waals surface area contributed by atoms with Crippen molar-refractivity contribution in [1.82, 2.24) is 4.90 Å². The smallest absolute Gasteiger partial charge is 0.235 e. The largest absolute Gasteiger partial charge is 0.326 e. The zero-order chi connectivity index (χ0) is 13.4. The molecular formula is C13H24N2O2. The summed E-state index contributed by atoms with van der Waals surface area (Å²) in [6, 6.07) is -0.141. The van der Waals surface area contributed by atoms with E-state index in [1.165, 1.54) is 4.90 Å². The van der Waals surface area contributed by atoms with Gasteiger partial charge in [-0.1, -0.05) is 27.7 Å². The van der Waals surface area contributed by atoms with Crippen LogP contribution in [0, 0.1) is 17.3 Å². The highest BCUT2D eigenvalue weighted by molar-refractivity contribution is 6.05. The van der Waals surface area contributed by atoms with Crippen LogP contribution >= 0.6 is 0 Å². The van der Waals surface area contributed by atoms with Crippen LogP contribution in [0.5, 0.6) is 0 Å². The summed E-state index contributed by atoms with van der Waals surface area (Å²) in [5, 5.41) is 0. The molecular weight excluding hydrogens is 216 g/mol. The Bertz CT molecular complexity index is 325. The molecule has 1 saturated heterocycles. The van der Waals surface area contributed by atoms with E-state index in [0.717, 1.165) is 0 Å². The van der Waals surface area contributed by atoms with Crippen LogP contribution in [0.15, 0.2) is 0 Å². The van der Waals surface area contributed by atoms with Crippen molar-refractivity contribution in [3.63, 3.8) is 0 Å². The van der Waals surface area contributed by atoms with Crippen LogP contribution in [0.25, 0.3) is 0 Å². The van der Waals surface area contributed by atoms with Gasteiger partial charge in [0, 0.05) is 19.0 Å². The van der Waals surface area contributed by atoms with Crippen molar-refractivity contribution in [3.05, 3.63) is 0 Å². The zero-order valence-electron chi connectivity index (χ0n) is 11.5. The first-order chi connectivity index (χ1) is 7.70. The van der Waals surface area contributed by atoms with Gasteiger partial charge in [-0.05, 0) is 18.8 Å². The molecule has 2 N–H and O–H groups in total. The second kappa shape index (κ2) is 4.77. The number of likely N-dealkylation sites (tertiary alicyclic amines) is 1. The number of amides is 2. The summed E-state index contributed by atoms with van der Waals surface area (Å²) in [6.07, 6.45) is 0.314. The molecule has 1 aliphatic rings. The van der Waals surface area contributed by atoms with Gasteiger partial charge in [0.05, 0.1) is 5.41 Å². The fourth-order valence-corrected chi connectivity index (χ4v) is 1.96. The Kier molecular flexibility index (Phi) is 3.97. The molecule has 2 atom stereocenters. The van der Waals surface area contributed by atoms with Crippen molar-refractivity contribution in [2.24, 2.45) is 23.0 Å². The van der Waals surface area contributed by atoms with Gasteiger partial charge in [0.1, 0.15) is 0 Å². The van der Waals surface area contributed by atoms with Crippen molar-refractivity contribution in [2.45, 2.75) is 47.1 Å². The Hall–Kier alpha value is -0.900. The monoisotopic (exact) mass is 240 g/mol. The molecule has 1 fully saturated rings. The minimum absolute atomic E-state index is 0.0615. The first kappa shape index (κ1) is 14.2. The molecule has 0 aromatic heterocycles. The number of hydrogen-bond acceptors (Lipinski definition) is 3. The highest BCUT2D eigenvalue weighted by atomic mass is 16.2. The summed E-state index contributed by atoms with van der Waals surface area (Å²) < 4.78 is 0. The van der Waals surface area contributed by atoms with Crippen LogP contribution in [0.1, 0.15) is 41.0 Å². The van der Waals surface area contributed by atoms with Crippen molar-refractivity contribution in [1.29, 1.82) is 0 Å². The lowest BCUT2D eigenvalue weighted by molar-refractivity contribution is -0.142. The molecule has 1 heterocycles. The van der Waals surface area contributed by atoms with E-state index in [0.29, 0.717) is 13.0 Å². The van der Waals surface area contributed by atoms with E-state index < -0.39 is 5.41 Å². The second-order valence-electron chi connectivity index (χ2n) is 5.97. The van der Waals surface area contributed by atoms with Gasteiger partial charge in [0.2, 0.25) is 11.8 Å². The number of nitrogens with zero attached hydrogens (tertiary/aromatic N) is 1. The molecule has 2 unspecified atom stereocenters. The molecule has 0 aromatic rings. The van der Waals surface area contributed by atoms with E-state index in [4.69, 9.17) is 5.73 Å². The molecule has 1 rings (SSSR count). The lowest BCUT2D eigenvalue weighted by Gasteiger charge is -2.27. The minimum atomic E-state index is -0.548. The molecule has 2 amide bonds. The number of hydrogen-bond donors (Lipinski definition) is 1. The Labute approximate surface area is 104 Å². The maximum absolute atomic E-state index is 12.3. The van der Waals surface area contributed by atoms with E-state index >= 15 is 0 Å². The number of carbonyl (C=O) groups excluding carboxylic acids is 2. The highest BCUT2D eigenvalue weighted by Gasteiger charge is 2.50. The number of imide groups is 1. The van der Waals surface area contributed by atoms with Gasteiger partial charge in [-0.3, -0.25) is 14.5 Å². The minimum Gasteiger partial charge on any atom is -0.326 e. The standard InChI is InChI=1S/C13H24N2O2/c1-8(2)10(14)7-15-11(16)6-13(5,9(3)4)12(15)17/h8-10H,6-7,14H2,1-5H3. The summed E-state index contributed by atoms with van der Waals surface area (Å²) in [5.41, 5.74) is 5.39. The third kappa shape index (κ3) is 2.51. The summed E-state index contributed by atoms with van der Waals surface area (Å²) in [4.78, 5) is 25.6. The first-order valence-corrected chi connectivity index (χ1v) is 6.30. The van der Waals surface area contributed by atoms with E-state index in [1.807, 2.05) is 34.6 Å². The maximum atomic E-state index is 12.3. The summed E-state index contributed by atoms with van der Waals surface area (Å²) in [5.74, 6) is 0.289.